The summed E-state index contributed by atoms with van der Waals surface area (Å²) in [5, 5.41) is 15.7. The second kappa shape index (κ2) is 37.5. The fraction of sp³-hybridized carbons (Fsp3) is 0.318. The van der Waals surface area contributed by atoms with E-state index in [1.807, 2.05) is 117 Å². The summed E-state index contributed by atoms with van der Waals surface area (Å²) in [5.41, 5.74) is 0.225. The lowest BCUT2D eigenvalue weighted by molar-refractivity contribution is -0.0964. The Hall–Kier alpha value is -10.6. The van der Waals surface area contributed by atoms with E-state index < -0.39 is 118 Å². The van der Waals surface area contributed by atoms with Gasteiger partial charge in [-0.1, -0.05) is 138 Å². The number of para-hydroxylation sites is 1. The molecule has 7 heterocycles. The number of H-pyrrole nitrogens is 1. The van der Waals surface area contributed by atoms with Crippen LogP contribution in [-0.4, -0.2) is 132 Å². The van der Waals surface area contributed by atoms with Crippen LogP contribution in [0.2, 0.25) is 10.0 Å². The quantitative estimate of drug-likeness (QED) is 0.0195. The summed E-state index contributed by atoms with van der Waals surface area (Å²) in [6, 6.07) is 58.3. The lowest BCUT2D eigenvalue weighted by Gasteiger charge is -2.39. The number of methoxy groups -OCH3 is 2. The van der Waals surface area contributed by atoms with Gasteiger partial charge in [-0.2, -0.15) is 10.2 Å². The predicted molar refractivity (Wildman–Crippen MR) is 441 cm³/mol. The molecule has 29 nitrogen and oxygen atoms in total. The summed E-state index contributed by atoms with van der Waals surface area (Å²) < 4.78 is 98.1. The van der Waals surface area contributed by atoms with Gasteiger partial charge in [-0.15, -0.1) is 0 Å². The maximum Gasteiger partial charge on any atom is 0.530 e. The number of fused-ring (bicyclic) bond motifs is 1. The van der Waals surface area contributed by atoms with Gasteiger partial charge in [0.05, 0.1) is 76.2 Å². The molecular formula is C85H86Cl2N12O17P2. The second-order valence-electron chi connectivity index (χ2n) is 28.8. The first-order valence-electron chi connectivity index (χ1n) is 38.2. The van der Waals surface area contributed by atoms with Crippen molar-refractivity contribution in [3.05, 3.63) is 299 Å². The van der Waals surface area contributed by atoms with E-state index in [0.29, 0.717) is 49.9 Å². The summed E-state index contributed by atoms with van der Waals surface area (Å²) in [5.74, 6) is -1.74. The Morgan fingerprint density at radius 1 is 0.695 bits per heavy atom. The number of halogens is 2. The first-order valence-corrected chi connectivity index (χ1v) is 41.6. The molecule has 0 saturated carbocycles. The number of rotatable bonds is 33. The average Bonchev–Trinajstić information content (AvgIpc) is 1.30. The molecule has 3 N–H and O–H groups in total. The van der Waals surface area contributed by atoms with Crippen LogP contribution in [0.25, 0.3) is 11.2 Å². The number of hydrogen-bond acceptors (Lipinski definition) is 23. The molecule has 3 fully saturated rings. The molecule has 3 saturated heterocycles. The van der Waals surface area contributed by atoms with Crippen LogP contribution >= 0.6 is 39.6 Å². The van der Waals surface area contributed by atoms with Crippen molar-refractivity contribution < 1.29 is 65.2 Å². The summed E-state index contributed by atoms with van der Waals surface area (Å²) in [4.78, 5) is 90.2. The van der Waals surface area contributed by atoms with Crippen LogP contribution in [0.15, 0.2) is 234 Å². The van der Waals surface area contributed by atoms with Gasteiger partial charge in [-0.05, 0) is 142 Å². The number of nitrogens with zero attached hydrogens (tertiary/aromatic N) is 9. The van der Waals surface area contributed by atoms with Crippen LogP contribution in [-0.2, 0) is 47.2 Å². The number of anilines is 2. The molecule has 11 aromatic rings. The predicted octanol–water partition coefficient (Wildman–Crippen LogP) is 15.3. The molecule has 118 heavy (non-hydrogen) atoms. The molecule has 14 rings (SSSR count). The lowest BCUT2D eigenvalue weighted by Crippen LogP contribution is -2.41. The smallest absolute Gasteiger partial charge is 0.497 e. The van der Waals surface area contributed by atoms with Gasteiger partial charge in [-0.25, -0.2) is 33.8 Å². The minimum atomic E-state index is -5.27. The maximum absolute atomic E-state index is 17.0. The van der Waals surface area contributed by atoms with Crippen molar-refractivity contribution in [1.29, 1.82) is 5.26 Å². The van der Waals surface area contributed by atoms with Gasteiger partial charge in [0.2, 0.25) is 0 Å². The number of phosphoric acid groups is 1. The van der Waals surface area contributed by atoms with E-state index in [1.165, 1.54) is 59.3 Å². The van der Waals surface area contributed by atoms with Crippen LogP contribution in [0.5, 0.6) is 17.2 Å². The lowest BCUT2D eigenvalue weighted by atomic mass is 9.76. The van der Waals surface area contributed by atoms with Gasteiger partial charge < -0.3 is 52.6 Å². The summed E-state index contributed by atoms with van der Waals surface area (Å²) >= 11 is 14.1. The number of carbonyl (C=O) groups excluding carboxylic acids is 2. The SMILES string of the molecule is COc1ccc(C(OC[C@@H]2O[C@@H](n3ccc(NC(=O)c4ccccc4)nc3=O)C[C@H]2C(c2cccc(Cl)c2)[C@H]2O[C@@H](n3cc(C)c(=O)[nH]c3=O)C[C@@H]2OP(=O)(OC[C@H]2O[C@@H](n3cnc4c(NC(=O)c5ccccc5)ncnc43)C[C@@H]2OP(OCCC#N)N(C(C)C)C(C)C)Oc2ccccc2Cl)(c2ccccc2)c2ccc(OC)cc2)cc1. The summed E-state index contributed by atoms with van der Waals surface area (Å²) in [7, 11) is -4.12. The Balaban J connectivity index is 0.888. The molecule has 612 valence electrons. The van der Waals surface area contributed by atoms with Gasteiger partial charge in [0.1, 0.15) is 65.9 Å². The zero-order valence-electron chi connectivity index (χ0n) is 65.3. The molecule has 12 atom stereocenters. The van der Waals surface area contributed by atoms with E-state index in [9.17, 15) is 29.2 Å². The van der Waals surface area contributed by atoms with Gasteiger partial charge in [0.15, 0.2) is 17.0 Å². The number of aromatic amines is 1. The van der Waals surface area contributed by atoms with E-state index in [4.69, 9.17) is 74.2 Å². The third-order valence-corrected chi connectivity index (χ3v) is 24.8. The van der Waals surface area contributed by atoms with Crippen LogP contribution in [0.1, 0.15) is 127 Å². The molecule has 0 radical (unpaired) electrons. The monoisotopic (exact) mass is 1680 g/mol. The van der Waals surface area contributed by atoms with Crippen LogP contribution in [0.4, 0.5) is 11.6 Å². The van der Waals surface area contributed by atoms with Gasteiger partial charge >= 0.3 is 19.2 Å². The number of phosphoric ester groups is 1. The second-order valence-corrected chi connectivity index (χ2v) is 32.6. The number of carbonyl (C=O) groups is 2. The third-order valence-electron chi connectivity index (χ3n) is 20.7. The molecule has 3 unspecified atom stereocenters. The molecule has 3 aliphatic heterocycles. The number of imidazole rings is 1. The van der Waals surface area contributed by atoms with Gasteiger partial charge in [0.25, 0.3) is 25.9 Å². The highest BCUT2D eigenvalue weighted by atomic mass is 35.5. The Labute approximate surface area is 690 Å². The number of benzene rings is 7. The molecule has 3 aliphatic rings. The Morgan fingerprint density at radius 2 is 1.31 bits per heavy atom. The highest BCUT2D eigenvalue weighted by Crippen LogP contribution is 2.59. The molecule has 0 spiro atoms. The highest BCUT2D eigenvalue weighted by Gasteiger charge is 2.55. The molecule has 0 aliphatic carbocycles. The molecule has 33 heteroatoms. The Morgan fingerprint density at radius 3 is 1.94 bits per heavy atom. The van der Waals surface area contributed by atoms with E-state index in [2.05, 4.69) is 41.6 Å². The number of amides is 2. The largest absolute Gasteiger partial charge is 0.530 e. The van der Waals surface area contributed by atoms with Crippen molar-refractivity contribution in [2.75, 3.05) is 44.7 Å². The van der Waals surface area contributed by atoms with Crippen molar-refractivity contribution in [2.24, 2.45) is 5.92 Å². The highest BCUT2D eigenvalue weighted by molar-refractivity contribution is 7.49. The molecule has 7 aromatic carbocycles. The molecule has 4 aromatic heterocycles. The number of nitriles is 1. The number of hydrogen-bond donors (Lipinski definition) is 3. The fourth-order valence-electron chi connectivity index (χ4n) is 15.2. The molecular weight excluding hydrogens is 1590 g/mol. The zero-order valence-corrected chi connectivity index (χ0v) is 68.6. The molecule has 2 amide bonds. The first-order chi connectivity index (χ1) is 57.1. The van der Waals surface area contributed by atoms with E-state index in [0.717, 1.165) is 0 Å². The maximum atomic E-state index is 17.0. The van der Waals surface area contributed by atoms with Crippen LogP contribution in [0.3, 0.4) is 0 Å². The number of aryl methyl sites for hydroxylation is 1. The van der Waals surface area contributed by atoms with Crippen molar-refractivity contribution in [1.82, 2.24) is 43.3 Å². The van der Waals surface area contributed by atoms with Crippen molar-refractivity contribution in [2.45, 2.75) is 133 Å². The normalized spacial score (nSPS) is 20.3. The van der Waals surface area contributed by atoms with Crippen molar-refractivity contribution in [3.63, 3.8) is 0 Å². The average molecular weight is 1680 g/mol. The van der Waals surface area contributed by atoms with Gasteiger partial charge in [0, 0.05) is 70.9 Å². The summed E-state index contributed by atoms with van der Waals surface area (Å²) in [6.07, 6.45) is -4.09. The van der Waals surface area contributed by atoms with Gasteiger partial charge in [-0.3, -0.25) is 42.1 Å². The van der Waals surface area contributed by atoms with Crippen molar-refractivity contribution in [3.8, 4) is 23.3 Å². The van der Waals surface area contributed by atoms with Crippen LogP contribution in [0, 0.1) is 24.2 Å². The summed E-state index contributed by atoms with van der Waals surface area (Å²) in [6.45, 7) is 8.65. The van der Waals surface area contributed by atoms with E-state index >= 15 is 4.57 Å². The minimum Gasteiger partial charge on any atom is -0.497 e. The standard InChI is InChI=1S/C85H86Cl2N12O17P2/c1-52(2)99(53(3)4)117(109-42-20-40-88)114-67-45-74(98-51-91-76-78(89-50-90-79(76)98)94-82(102)56-23-13-9-14-24-56)112-70(67)49-110-118(105,115-66-30-18-17-29-65(66)87)116-68-46-73(97-47-54(5)80(100)95-84(97)104)113-77(68)75(57-25-19-28-61(86)43-57)64-44-72(96-41-39-71(93-83(96)103)92-81(101)55-21-11-8-12-22-55)111-69(64)48-108-85(58-26-15-10-16-27-58,59-31-35-62(106-6)36-32-59)60-33-37-63(107-7)38-34-60/h8-19,21-39,41,43,47,50-53,64,67-70,72-75,77H,20,42,44-46,48-49H2,1-7H3,(H,95,100,104)(H,89,90,94,102)(H,92,93,101,103)/t64-,67+,68+,69+,70-,72-,73-,74-,75?,77+,117?,118?/m1/s1. The van der Waals surface area contributed by atoms with E-state index in [-0.39, 0.29) is 90.1 Å². The topological polar surface area (TPSA) is 337 Å². The Kier molecular flexibility index (Phi) is 26.7. The van der Waals surface area contributed by atoms with E-state index in [1.54, 1.807) is 110 Å². The number of aromatic nitrogens is 8. The fourth-order valence-corrected chi connectivity index (χ4v) is 18.8. The third kappa shape index (κ3) is 18.8. The Bertz CT molecular complexity index is 5560. The number of nitrogens with one attached hydrogen (secondary N) is 3. The minimum absolute atomic E-state index is 0.0117. The van der Waals surface area contributed by atoms with Crippen LogP contribution < -0.4 is 41.6 Å². The molecule has 0 bridgehead atoms. The van der Waals surface area contributed by atoms with Crippen molar-refractivity contribution >= 4 is 74.2 Å². The number of ether oxygens (including phenoxy) is 6. The first kappa shape index (κ1) is 83.8. The zero-order chi connectivity index (χ0) is 82.8.